The number of aromatic nitrogens is 3. The molecule has 1 saturated heterocycles. The first-order valence-corrected chi connectivity index (χ1v) is 11.5. The number of aliphatic imine (C=N–C) groups is 1. The summed E-state index contributed by atoms with van der Waals surface area (Å²) in [6.45, 7) is 11.5. The Morgan fingerprint density at radius 3 is 2.57 bits per heavy atom. The smallest absolute Gasteiger partial charge is 0.191 e. The average Bonchev–Trinajstić information content (AvgIpc) is 3.24. The molecule has 0 spiro atoms. The van der Waals surface area contributed by atoms with Gasteiger partial charge in [0.1, 0.15) is 12.2 Å². The van der Waals surface area contributed by atoms with Crippen molar-refractivity contribution in [1.82, 2.24) is 30.3 Å². The first kappa shape index (κ1) is 25.3. The number of halogens is 1. The molecule has 2 heterocycles. The van der Waals surface area contributed by atoms with E-state index in [0.717, 1.165) is 77.1 Å². The molecule has 1 aromatic heterocycles. The highest BCUT2D eigenvalue weighted by Gasteiger charge is 2.38. The van der Waals surface area contributed by atoms with Crippen molar-refractivity contribution >= 4 is 29.9 Å². The van der Waals surface area contributed by atoms with Crippen molar-refractivity contribution in [2.24, 2.45) is 4.99 Å². The minimum atomic E-state index is 0. The van der Waals surface area contributed by atoms with Gasteiger partial charge < -0.3 is 19.9 Å². The first-order valence-electron chi connectivity index (χ1n) is 11.5. The lowest BCUT2D eigenvalue weighted by atomic mass is 9.80. The van der Waals surface area contributed by atoms with Crippen LogP contribution in [0.1, 0.15) is 58.2 Å². The van der Waals surface area contributed by atoms with E-state index in [1.165, 1.54) is 32.1 Å². The molecule has 172 valence electrons. The molecule has 1 aromatic rings. The van der Waals surface area contributed by atoms with Crippen molar-refractivity contribution in [3.63, 3.8) is 0 Å². The molecule has 0 unspecified atom stereocenters. The van der Waals surface area contributed by atoms with Crippen LogP contribution in [-0.4, -0.2) is 77.1 Å². The van der Waals surface area contributed by atoms with Gasteiger partial charge in [-0.3, -0.25) is 9.89 Å². The van der Waals surface area contributed by atoms with Crippen molar-refractivity contribution in [2.45, 2.75) is 70.9 Å². The summed E-state index contributed by atoms with van der Waals surface area (Å²) in [5, 5.41) is 15.2. The summed E-state index contributed by atoms with van der Waals surface area (Å²) in [5.41, 5.74) is 0.201. The van der Waals surface area contributed by atoms with Gasteiger partial charge in [0.15, 0.2) is 5.96 Å². The third-order valence-electron chi connectivity index (χ3n) is 6.20. The second kappa shape index (κ2) is 13.5. The van der Waals surface area contributed by atoms with E-state index in [1.54, 1.807) is 0 Å². The molecule has 2 aliphatic rings. The summed E-state index contributed by atoms with van der Waals surface area (Å²) >= 11 is 0. The van der Waals surface area contributed by atoms with Gasteiger partial charge in [0.2, 0.25) is 0 Å². The van der Waals surface area contributed by atoms with Crippen molar-refractivity contribution in [3.8, 4) is 0 Å². The van der Waals surface area contributed by atoms with Crippen LogP contribution in [0.4, 0.5) is 0 Å². The molecular formula is C21H40IN7O. The summed E-state index contributed by atoms with van der Waals surface area (Å²) in [5.74, 6) is 1.96. The van der Waals surface area contributed by atoms with Crippen LogP contribution >= 0.6 is 24.0 Å². The number of hydrogen-bond donors (Lipinski definition) is 2. The van der Waals surface area contributed by atoms with Crippen molar-refractivity contribution in [2.75, 3.05) is 45.9 Å². The second-order valence-electron chi connectivity index (χ2n) is 8.20. The number of nitrogens with zero attached hydrogens (tertiary/aromatic N) is 5. The maximum Gasteiger partial charge on any atom is 0.191 e. The third-order valence-corrected chi connectivity index (χ3v) is 6.20. The Morgan fingerprint density at radius 1 is 1.13 bits per heavy atom. The number of guanidine groups is 1. The standard InChI is InChI=1S/C21H39N7O.HI/c1-3-10-22-20(23-11-12-27-18-25-26-19(27)4-2)24-17-21(8-6-5-7-9-21)28-13-15-29-16-14-28;/h18H,3-17H2,1-2H3,(H2,22,23,24);1H. The zero-order valence-electron chi connectivity index (χ0n) is 18.7. The van der Waals surface area contributed by atoms with Gasteiger partial charge >= 0.3 is 0 Å². The molecule has 9 heteroatoms. The van der Waals surface area contributed by atoms with Crippen LogP contribution in [0.3, 0.4) is 0 Å². The van der Waals surface area contributed by atoms with Gasteiger partial charge in [0.05, 0.1) is 19.8 Å². The summed E-state index contributed by atoms with van der Waals surface area (Å²) in [6.07, 6.45) is 10.3. The minimum absolute atomic E-state index is 0. The van der Waals surface area contributed by atoms with Gasteiger partial charge in [0.25, 0.3) is 0 Å². The molecule has 0 radical (unpaired) electrons. The Balaban J connectivity index is 0.00000320. The lowest BCUT2D eigenvalue weighted by Gasteiger charge is -2.47. The van der Waals surface area contributed by atoms with E-state index in [-0.39, 0.29) is 29.5 Å². The fourth-order valence-electron chi connectivity index (χ4n) is 4.50. The predicted octanol–water partition coefficient (Wildman–Crippen LogP) is 2.44. The van der Waals surface area contributed by atoms with Crippen LogP contribution in [0.15, 0.2) is 11.3 Å². The van der Waals surface area contributed by atoms with E-state index in [9.17, 15) is 0 Å². The monoisotopic (exact) mass is 533 g/mol. The lowest BCUT2D eigenvalue weighted by molar-refractivity contribution is -0.0333. The van der Waals surface area contributed by atoms with Crippen LogP contribution in [0.5, 0.6) is 0 Å². The fraction of sp³-hybridized carbons (Fsp3) is 0.857. The van der Waals surface area contributed by atoms with Crippen molar-refractivity contribution < 1.29 is 4.74 Å². The number of nitrogens with one attached hydrogen (secondary N) is 2. The molecule has 30 heavy (non-hydrogen) atoms. The minimum Gasteiger partial charge on any atom is -0.379 e. The predicted molar refractivity (Wildman–Crippen MR) is 132 cm³/mol. The molecule has 1 aliphatic carbocycles. The molecule has 2 fully saturated rings. The SMILES string of the molecule is CCCNC(=NCC1(N2CCOCC2)CCCCC1)NCCn1cnnc1CC.I. The van der Waals surface area contributed by atoms with Crippen molar-refractivity contribution in [3.05, 3.63) is 12.2 Å². The van der Waals surface area contributed by atoms with E-state index in [4.69, 9.17) is 9.73 Å². The normalized spacial score (nSPS) is 19.9. The fourth-order valence-corrected chi connectivity index (χ4v) is 4.50. The molecule has 1 saturated carbocycles. The highest BCUT2D eigenvalue weighted by Crippen LogP contribution is 2.34. The average molecular weight is 534 g/mol. The lowest BCUT2D eigenvalue weighted by Crippen LogP contribution is -2.56. The maximum absolute atomic E-state index is 5.61. The van der Waals surface area contributed by atoms with Gasteiger partial charge in [-0.1, -0.05) is 33.1 Å². The Kier molecular flexibility index (Phi) is 11.4. The summed E-state index contributed by atoms with van der Waals surface area (Å²) in [7, 11) is 0. The Labute approximate surface area is 198 Å². The van der Waals surface area contributed by atoms with Crippen LogP contribution in [0.25, 0.3) is 0 Å². The Hall–Kier alpha value is -0.940. The third kappa shape index (κ3) is 7.05. The molecule has 0 atom stereocenters. The van der Waals surface area contributed by atoms with E-state index >= 15 is 0 Å². The largest absolute Gasteiger partial charge is 0.379 e. The molecule has 0 amide bonds. The Morgan fingerprint density at radius 2 is 1.87 bits per heavy atom. The van der Waals surface area contributed by atoms with Gasteiger partial charge in [-0.15, -0.1) is 34.2 Å². The van der Waals surface area contributed by atoms with Crippen LogP contribution in [0, 0.1) is 0 Å². The van der Waals surface area contributed by atoms with Gasteiger partial charge in [-0.05, 0) is 19.3 Å². The van der Waals surface area contributed by atoms with E-state index in [0.29, 0.717) is 0 Å². The topological polar surface area (TPSA) is 79.6 Å². The zero-order chi connectivity index (χ0) is 20.4. The molecule has 0 bridgehead atoms. The molecular weight excluding hydrogens is 493 g/mol. The van der Waals surface area contributed by atoms with Gasteiger partial charge in [0, 0.05) is 44.7 Å². The zero-order valence-corrected chi connectivity index (χ0v) is 21.1. The number of aryl methyl sites for hydroxylation is 1. The van der Waals surface area contributed by atoms with Crippen molar-refractivity contribution in [1.29, 1.82) is 0 Å². The number of morpholine rings is 1. The van der Waals surface area contributed by atoms with E-state index in [1.807, 2.05) is 6.33 Å². The number of ether oxygens (including phenoxy) is 1. The van der Waals surface area contributed by atoms with Gasteiger partial charge in [-0.2, -0.15) is 0 Å². The maximum atomic E-state index is 5.61. The quantitative estimate of drug-likeness (QED) is 0.289. The van der Waals surface area contributed by atoms with Crippen LogP contribution in [0.2, 0.25) is 0 Å². The van der Waals surface area contributed by atoms with E-state index in [2.05, 4.69) is 44.1 Å². The second-order valence-corrected chi connectivity index (χ2v) is 8.20. The summed E-state index contributed by atoms with van der Waals surface area (Å²) in [4.78, 5) is 7.72. The highest BCUT2D eigenvalue weighted by atomic mass is 127. The molecule has 3 rings (SSSR count). The highest BCUT2D eigenvalue weighted by molar-refractivity contribution is 14.0. The number of rotatable bonds is 9. The first-order chi connectivity index (χ1) is 14.3. The molecule has 0 aromatic carbocycles. The molecule has 8 nitrogen and oxygen atoms in total. The van der Waals surface area contributed by atoms with Crippen LogP contribution in [-0.2, 0) is 17.7 Å². The van der Waals surface area contributed by atoms with Crippen LogP contribution < -0.4 is 10.6 Å². The summed E-state index contributed by atoms with van der Waals surface area (Å²) in [6, 6.07) is 0. The Bertz CT molecular complexity index is 625. The van der Waals surface area contributed by atoms with E-state index < -0.39 is 0 Å². The van der Waals surface area contributed by atoms with Gasteiger partial charge in [-0.25, -0.2) is 0 Å². The number of hydrogen-bond acceptors (Lipinski definition) is 5. The molecule has 2 N–H and O–H groups in total. The summed E-state index contributed by atoms with van der Waals surface area (Å²) < 4.78 is 7.72. The molecule has 1 aliphatic heterocycles.